The molecule has 1 amide bonds. The van der Waals surface area contributed by atoms with E-state index in [9.17, 15) is 4.79 Å². The van der Waals surface area contributed by atoms with Crippen molar-refractivity contribution < 1.29 is 14.3 Å². The molecular weight excluding hydrogens is 372 g/mol. The average molecular weight is 391 g/mol. The Morgan fingerprint density at radius 2 is 2.00 bits per heavy atom. The second-order valence-electron chi connectivity index (χ2n) is 5.69. The minimum atomic E-state index is -0.306. The molecule has 7 heteroatoms. The fourth-order valence-corrected chi connectivity index (χ4v) is 3.72. The first-order valence-electron chi connectivity index (χ1n) is 7.94. The summed E-state index contributed by atoms with van der Waals surface area (Å²) in [6, 6.07) is 11.1. The fraction of sp³-hybridized carbons (Fsp3) is 0.211. The molecule has 0 radical (unpaired) electrons. The monoisotopic (exact) mass is 390 g/mol. The molecule has 2 aromatic carbocycles. The average Bonchev–Trinajstić information content (AvgIpc) is 2.96. The van der Waals surface area contributed by atoms with E-state index in [4.69, 9.17) is 21.1 Å². The molecule has 0 bridgehead atoms. The van der Waals surface area contributed by atoms with Crippen LogP contribution in [0.15, 0.2) is 41.3 Å². The Labute approximate surface area is 161 Å². The van der Waals surface area contributed by atoms with Gasteiger partial charge >= 0.3 is 0 Å². The Hall–Kier alpha value is -2.31. The normalized spacial score (nSPS) is 17.9. The van der Waals surface area contributed by atoms with Gasteiger partial charge in [0.25, 0.3) is 5.91 Å². The quantitative estimate of drug-likeness (QED) is 0.747. The zero-order valence-corrected chi connectivity index (χ0v) is 16.2. The zero-order valence-electron chi connectivity index (χ0n) is 14.6. The summed E-state index contributed by atoms with van der Waals surface area (Å²) in [4.78, 5) is 12.9. The summed E-state index contributed by atoms with van der Waals surface area (Å²) in [5.74, 6) is 1.33. The van der Waals surface area contributed by atoms with Crippen LogP contribution in [0.5, 0.6) is 11.5 Å². The van der Waals surface area contributed by atoms with Gasteiger partial charge in [0, 0.05) is 5.02 Å². The lowest BCUT2D eigenvalue weighted by Gasteiger charge is -2.15. The van der Waals surface area contributed by atoms with Gasteiger partial charge in [0.05, 0.1) is 24.8 Å². The molecule has 136 valence electrons. The molecule has 5 nitrogen and oxygen atoms in total. The molecule has 0 aromatic heterocycles. The molecule has 1 aliphatic rings. The van der Waals surface area contributed by atoms with Crippen LogP contribution in [0.2, 0.25) is 5.02 Å². The van der Waals surface area contributed by atoms with Gasteiger partial charge in [-0.05, 0) is 54.5 Å². The number of hydrogen-bond acceptors (Lipinski definition) is 5. The van der Waals surface area contributed by atoms with Crippen molar-refractivity contribution in [2.75, 3.05) is 19.5 Å². The zero-order chi connectivity index (χ0) is 18.7. The van der Waals surface area contributed by atoms with Crippen LogP contribution in [-0.2, 0) is 4.79 Å². The number of carbonyl (C=O) groups excluding carboxylic acids is 1. The summed E-state index contributed by atoms with van der Waals surface area (Å²) in [6.45, 7) is 1.99. The molecule has 2 N–H and O–H groups in total. The number of benzene rings is 2. The number of carbonyl (C=O) groups is 1. The second kappa shape index (κ2) is 7.93. The van der Waals surface area contributed by atoms with Crippen molar-refractivity contribution in [1.82, 2.24) is 5.32 Å². The van der Waals surface area contributed by atoms with Gasteiger partial charge in [-0.15, -0.1) is 0 Å². The Morgan fingerprint density at radius 3 is 2.69 bits per heavy atom. The van der Waals surface area contributed by atoms with E-state index >= 15 is 0 Å². The van der Waals surface area contributed by atoms with Gasteiger partial charge in [0.15, 0.2) is 5.50 Å². The van der Waals surface area contributed by atoms with Gasteiger partial charge in [-0.3, -0.25) is 4.79 Å². The van der Waals surface area contributed by atoms with Crippen molar-refractivity contribution in [3.8, 4) is 11.5 Å². The van der Waals surface area contributed by atoms with E-state index in [2.05, 4.69) is 10.6 Å². The predicted molar refractivity (Wildman–Crippen MR) is 107 cm³/mol. The molecule has 26 heavy (non-hydrogen) atoms. The number of anilines is 1. The van der Waals surface area contributed by atoms with Gasteiger partial charge in [-0.1, -0.05) is 29.4 Å². The highest BCUT2D eigenvalue weighted by atomic mass is 35.5. The van der Waals surface area contributed by atoms with Gasteiger partial charge in [0.2, 0.25) is 0 Å². The van der Waals surface area contributed by atoms with Gasteiger partial charge in [0.1, 0.15) is 11.5 Å². The van der Waals surface area contributed by atoms with E-state index in [1.54, 1.807) is 32.4 Å². The molecule has 1 atom stereocenters. The third-order valence-corrected chi connectivity index (χ3v) is 5.21. The third-order valence-electron chi connectivity index (χ3n) is 3.94. The first-order valence-corrected chi connectivity index (χ1v) is 9.20. The number of nitrogens with one attached hydrogen (secondary N) is 2. The smallest absolute Gasteiger partial charge is 0.260 e. The number of amides is 1. The number of ether oxygens (including phenoxy) is 2. The largest absolute Gasteiger partial charge is 0.497 e. The van der Waals surface area contributed by atoms with Crippen LogP contribution in [0.1, 0.15) is 11.1 Å². The predicted octanol–water partition coefficient (Wildman–Crippen LogP) is 4.27. The van der Waals surface area contributed by atoms with Gasteiger partial charge in [-0.2, -0.15) is 0 Å². The summed E-state index contributed by atoms with van der Waals surface area (Å²) in [5.41, 5.74) is 2.43. The van der Waals surface area contributed by atoms with Gasteiger partial charge in [-0.25, -0.2) is 0 Å². The van der Waals surface area contributed by atoms with Crippen LogP contribution in [0.3, 0.4) is 0 Å². The molecule has 2 aromatic rings. The van der Waals surface area contributed by atoms with Crippen molar-refractivity contribution in [3.05, 3.63) is 57.5 Å². The van der Waals surface area contributed by atoms with Crippen molar-refractivity contribution in [2.45, 2.75) is 12.4 Å². The number of hydrogen-bond donors (Lipinski definition) is 2. The fourth-order valence-electron chi connectivity index (χ4n) is 2.58. The molecular formula is C19H19ClN2O3S. The molecule has 1 aliphatic heterocycles. The highest BCUT2D eigenvalue weighted by molar-refractivity contribution is 8.05. The third kappa shape index (κ3) is 4.08. The SMILES string of the molecule is COc1ccc(/C=C2\SC(Nc3cc(Cl)ccc3OC)NC2=O)c(C)c1. The molecule has 1 saturated heterocycles. The Balaban J connectivity index is 1.78. The molecule has 0 saturated carbocycles. The van der Waals surface area contributed by atoms with Crippen molar-refractivity contribution in [1.29, 1.82) is 0 Å². The summed E-state index contributed by atoms with van der Waals surface area (Å²) in [7, 11) is 3.22. The lowest BCUT2D eigenvalue weighted by molar-refractivity contribution is -0.116. The number of halogens is 1. The summed E-state index contributed by atoms with van der Waals surface area (Å²) in [5, 5.41) is 6.74. The maximum Gasteiger partial charge on any atom is 0.260 e. The molecule has 0 spiro atoms. The first-order chi connectivity index (χ1) is 12.5. The summed E-state index contributed by atoms with van der Waals surface area (Å²) >= 11 is 7.47. The lowest BCUT2D eigenvalue weighted by Crippen LogP contribution is -2.31. The van der Waals surface area contributed by atoms with Crippen LogP contribution in [-0.4, -0.2) is 25.6 Å². The maximum absolute atomic E-state index is 12.3. The topological polar surface area (TPSA) is 59.6 Å². The molecule has 1 heterocycles. The van der Waals surface area contributed by atoms with E-state index in [1.807, 2.05) is 31.2 Å². The van der Waals surface area contributed by atoms with E-state index in [-0.39, 0.29) is 11.4 Å². The second-order valence-corrected chi connectivity index (χ2v) is 7.27. The van der Waals surface area contributed by atoms with Crippen molar-refractivity contribution in [3.63, 3.8) is 0 Å². The number of methoxy groups -OCH3 is 2. The molecule has 1 fully saturated rings. The number of rotatable bonds is 5. The number of aryl methyl sites for hydroxylation is 1. The minimum absolute atomic E-state index is 0.122. The Morgan fingerprint density at radius 1 is 1.19 bits per heavy atom. The number of thioether (sulfide) groups is 1. The summed E-state index contributed by atoms with van der Waals surface area (Å²) < 4.78 is 10.5. The minimum Gasteiger partial charge on any atom is -0.497 e. The lowest BCUT2D eigenvalue weighted by atomic mass is 10.1. The molecule has 1 unspecified atom stereocenters. The highest BCUT2D eigenvalue weighted by Gasteiger charge is 2.28. The van der Waals surface area contributed by atoms with Gasteiger partial charge < -0.3 is 20.1 Å². The van der Waals surface area contributed by atoms with E-state index in [0.29, 0.717) is 15.7 Å². The van der Waals surface area contributed by atoms with Crippen LogP contribution in [0.4, 0.5) is 5.69 Å². The van der Waals surface area contributed by atoms with Crippen LogP contribution in [0.25, 0.3) is 6.08 Å². The van der Waals surface area contributed by atoms with E-state index in [1.165, 1.54) is 11.8 Å². The maximum atomic E-state index is 12.3. The van der Waals surface area contributed by atoms with Crippen LogP contribution in [0, 0.1) is 6.92 Å². The highest BCUT2D eigenvalue weighted by Crippen LogP contribution is 2.34. The van der Waals surface area contributed by atoms with E-state index in [0.717, 1.165) is 22.6 Å². The van der Waals surface area contributed by atoms with Crippen LogP contribution >= 0.6 is 23.4 Å². The first kappa shape index (κ1) is 18.5. The molecule has 0 aliphatic carbocycles. The van der Waals surface area contributed by atoms with Crippen LogP contribution < -0.4 is 20.1 Å². The van der Waals surface area contributed by atoms with Crippen molar-refractivity contribution in [2.24, 2.45) is 0 Å². The Bertz CT molecular complexity index is 870. The Kier molecular flexibility index (Phi) is 5.64. The molecule has 3 rings (SSSR count). The van der Waals surface area contributed by atoms with E-state index < -0.39 is 0 Å². The standard InChI is InChI=1S/C19H19ClN2O3S/c1-11-8-14(24-2)6-4-12(11)9-17-18(23)22-19(26-17)21-15-10-13(20)5-7-16(15)25-3/h4-10,19,21H,1-3H3,(H,22,23)/b17-9-. The summed E-state index contributed by atoms with van der Waals surface area (Å²) in [6.07, 6.45) is 1.88. The van der Waals surface area contributed by atoms with Crippen molar-refractivity contribution >= 4 is 41.0 Å².